The number of amides is 1. The minimum atomic E-state index is -1.30. The summed E-state index contributed by atoms with van der Waals surface area (Å²) < 4.78 is 5.36. The highest BCUT2D eigenvalue weighted by atomic mass is 16.5. The Bertz CT molecular complexity index is 455. The predicted molar refractivity (Wildman–Crippen MR) is 72.5 cm³/mol. The standard InChI is InChI=1S/C14H19NO5/c1-9-3-5-11(6-4-9)20-8-7-12(17)15-13(10(2)16)14(18)19/h3-6,10,13,16H,7-8H2,1-2H3,(H,15,17)(H,18,19)/t10-,13+/m1/s1. The summed E-state index contributed by atoms with van der Waals surface area (Å²) >= 11 is 0. The fourth-order valence-corrected chi connectivity index (χ4v) is 1.53. The number of aliphatic carboxylic acids is 1. The number of carboxylic acids is 1. The monoisotopic (exact) mass is 281 g/mol. The van der Waals surface area contributed by atoms with E-state index < -0.39 is 24.0 Å². The van der Waals surface area contributed by atoms with Crippen LogP contribution < -0.4 is 10.1 Å². The van der Waals surface area contributed by atoms with Gasteiger partial charge in [-0.05, 0) is 26.0 Å². The average Bonchev–Trinajstić information content (AvgIpc) is 2.37. The lowest BCUT2D eigenvalue weighted by Gasteiger charge is -2.17. The first-order chi connectivity index (χ1) is 9.40. The molecule has 110 valence electrons. The maximum atomic E-state index is 11.5. The molecule has 0 saturated heterocycles. The Morgan fingerprint density at radius 2 is 1.90 bits per heavy atom. The van der Waals surface area contributed by atoms with E-state index in [4.69, 9.17) is 9.84 Å². The summed E-state index contributed by atoms with van der Waals surface area (Å²) in [5.41, 5.74) is 1.11. The summed E-state index contributed by atoms with van der Waals surface area (Å²) in [6.07, 6.45) is -1.14. The lowest BCUT2D eigenvalue weighted by molar-refractivity contribution is -0.144. The van der Waals surface area contributed by atoms with Crippen LogP contribution in [0.2, 0.25) is 0 Å². The van der Waals surface area contributed by atoms with Crippen LogP contribution in [0, 0.1) is 6.92 Å². The Morgan fingerprint density at radius 3 is 2.40 bits per heavy atom. The second-order valence-corrected chi connectivity index (χ2v) is 4.54. The summed E-state index contributed by atoms with van der Waals surface area (Å²) in [5, 5.41) is 20.3. The molecule has 6 heteroatoms. The number of benzene rings is 1. The molecule has 3 N–H and O–H groups in total. The quantitative estimate of drug-likeness (QED) is 0.684. The fraction of sp³-hybridized carbons (Fsp3) is 0.429. The molecule has 0 heterocycles. The number of nitrogens with one attached hydrogen (secondary N) is 1. The van der Waals surface area contributed by atoms with Gasteiger partial charge in [-0.1, -0.05) is 17.7 Å². The fourth-order valence-electron chi connectivity index (χ4n) is 1.53. The number of ether oxygens (including phenoxy) is 1. The second-order valence-electron chi connectivity index (χ2n) is 4.54. The zero-order valence-electron chi connectivity index (χ0n) is 11.5. The Balaban J connectivity index is 2.36. The first-order valence-electron chi connectivity index (χ1n) is 6.30. The van der Waals surface area contributed by atoms with E-state index >= 15 is 0 Å². The predicted octanol–water partition coefficient (Wildman–Crippen LogP) is 0.714. The molecule has 0 spiro atoms. The minimum absolute atomic E-state index is 0.0182. The number of aryl methyl sites for hydroxylation is 1. The molecule has 2 atom stereocenters. The van der Waals surface area contributed by atoms with Crippen LogP contribution >= 0.6 is 0 Å². The molecule has 0 aliphatic heterocycles. The van der Waals surface area contributed by atoms with Gasteiger partial charge < -0.3 is 20.3 Å². The maximum Gasteiger partial charge on any atom is 0.328 e. The van der Waals surface area contributed by atoms with Gasteiger partial charge >= 0.3 is 5.97 Å². The summed E-state index contributed by atoms with van der Waals surface area (Å²) in [6, 6.07) is 6.07. The van der Waals surface area contributed by atoms with Crippen molar-refractivity contribution < 1.29 is 24.5 Å². The number of carbonyl (C=O) groups is 2. The van der Waals surface area contributed by atoms with E-state index in [2.05, 4.69) is 5.32 Å². The summed E-state index contributed by atoms with van der Waals surface area (Å²) in [4.78, 5) is 22.3. The van der Waals surface area contributed by atoms with Crippen LogP contribution in [0.5, 0.6) is 5.75 Å². The Hall–Kier alpha value is -2.08. The average molecular weight is 281 g/mol. The first kappa shape index (κ1) is 16.0. The van der Waals surface area contributed by atoms with E-state index in [1.165, 1.54) is 6.92 Å². The van der Waals surface area contributed by atoms with Crippen molar-refractivity contribution in [2.75, 3.05) is 6.61 Å². The van der Waals surface area contributed by atoms with Crippen LogP contribution in [-0.4, -0.2) is 40.8 Å². The molecule has 1 rings (SSSR count). The third-order valence-corrected chi connectivity index (χ3v) is 2.68. The largest absolute Gasteiger partial charge is 0.493 e. The van der Waals surface area contributed by atoms with Crippen molar-refractivity contribution in [1.82, 2.24) is 5.32 Å². The van der Waals surface area contributed by atoms with Crippen molar-refractivity contribution in [2.45, 2.75) is 32.4 Å². The topological polar surface area (TPSA) is 95.9 Å². The van der Waals surface area contributed by atoms with Crippen LogP contribution in [0.3, 0.4) is 0 Å². The van der Waals surface area contributed by atoms with Crippen molar-refractivity contribution in [1.29, 1.82) is 0 Å². The van der Waals surface area contributed by atoms with Gasteiger partial charge in [-0.3, -0.25) is 4.79 Å². The van der Waals surface area contributed by atoms with Crippen molar-refractivity contribution in [3.8, 4) is 5.75 Å². The normalized spacial score (nSPS) is 13.3. The summed E-state index contributed by atoms with van der Waals surface area (Å²) in [6.45, 7) is 3.40. The summed E-state index contributed by atoms with van der Waals surface area (Å²) in [7, 11) is 0. The third-order valence-electron chi connectivity index (χ3n) is 2.68. The Labute approximate surface area is 117 Å². The molecule has 0 saturated carbocycles. The molecule has 0 bridgehead atoms. The number of rotatable bonds is 7. The zero-order valence-corrected chi connectivity index (χ0v) is 11.5. The smallest absolute Gasteiger partial charge is 0.328 e. The molecule has 1 aromatic rings. The van der Waals surface area contributed by atoms with Gasteiger partial charge in [-0.15, -0.1) is 0 Å². The summed E-state index contributed by atoms with van der Waals surface area (Å²) in [5.74, 6) is -1.10. The van der Waals surface area contributed by atoms with Crippen LogP contribution in [0.4, 0.5) is 0 Å². The van der Waals surface area contributed by atoms with Crippen molar-refractivity contribution in [3.05, 3.63) is 29.8 Å². The van der Waals surface area contributed by atoms with Gasteiger partial charge in [0, 0.05) is 0 Å². The molecule has 6 nitrogen and oxygen atoms in total. The molecule has 0 radical (unpaired) electrons. The van der Waals surface area contributed by atoms with Crippen LogP contribution in [0.1, 0.15) is 18.9 Å². The number of aliphatic hydroxyl groups excluding tert-OH is 1. The molecule has 0 unspecified atom stereocenters. The van der Waals surface area contributed by atoms with E-state index in [0.717, 1.165) is 5.56 Å². The molecular formula is C14H19NO5. The number of hydrogen-bond donors (Lipinski definition) is 3. The molecule has 1 amide bonds. The molecule has 1 aromatic carbocycles. The van der Waals surface area contributed by atoms with Gasteiger partial charge in [-0.25, -0.2) is 4.79 Å². The van der Waals surface area contributed by atoms with Crippen LogP contribution in [0.15, 0.2) is 24.3 Å². The van der Waals surface area contributed by atoms with E-state index in [-0.39, 0.29) is 13.0 Å². The second kappa shape index (κ2) is 7.49. The number of carbonyl (C=O) groups excluding carboxylic acids is 1. The van der Waals surface area contributed by atoms with E-state index in [1.807, 2.05) is 19.1 Å². The number of hydrogen-bond acceptors (Lipinski definition) is 4. The minimum Gasteiger partial charge on any atom is -0.493 e. The molecule has 0 fully saturated rings. The molecule has 0 aliphatic rings. The highest BCUT2D eigenvalue weighted by Gasteiger charge is 2.24. The Morgan fingerprint density at radius 1 is 1.30 bits per heavy atom. The van der Waals surface area contributed by atoms with Gasteiger partial charge in [0.05, 0.1) is 19.1 Å². The van der Waals surface area contributed by atoms with E-state index in [1.54, 1.807) is 12.1 Å². The SMILES string of the molecule is Cc1ccc(OCCC(=O)N[C@H](C(=O)O)[C@@H](C)O)cc1. The van der Waals surface area contributed by atoms with Crippen molar-refractivity contribution in [3.63, 3.8) is 0 Å². The molecule has 0 aliphatic carbocycles. The van der Waals surface area contributed by atoms with Gasteiger partial charge in [0.1, 0.15) is 5.75 Å². The van der Waals surface area contributed by atoms with Crippen molar-refractivity contribution in [2.24, 2.45) is 0 Å². The van der Waals surface area contributed by atoms with Crippen LogP contribution in [-0.2, 0) is 9.59 Å². The van der Waals surface area contributed by atoms with Gasteiger partial charge in [0.2, 0.25) is 5.91 Å². The van der Waals surface area contributed by atoms with Gasteiger partial charge in [0.15, 0.2) is 6.04 Å². The molecule has 0 aromatic heterocycles. The van der Waals surface area contributed by atoms with E-state index in [9.17, 15) is 14.7 Å². The molecule has 20 heavy (non-hydrogen) atoms. The lowest BCUT2D eigenvalue weighted by atomic mass is 10.2. The lowest BCUT2D eigenvalue weighted by Crippen LogP contribution is -2.47. The third kappa shape index (κ3) is 5.27. The van der Waals surface area contributed by atoms with Crippen LogP contribution in [0.25, 0.3) is 0 Å². The van der Waals surface area contributed by atoms with Gasteiger partial charge in [-0.2, -0.15) is 0 Å². The van der Waals surface area contributed by atoms with Crippen molar-refractivity contribution >= 4 is 11.9 Å². The van der Waals surface area contributed by atoms with E-state index in [0.29, 0.717) is 5.75 Å². The highest BCUT2D eigenvalue weighted by Crippen LogP contribution is 2.11. The number of carboxylic acid groups (broad SMARTS) is 1. The van der Waals surface area contributed by atoms with Gasteiger partial charge in [0.25, 0.3) is 0 Å². The zero-order chi connectivity index (χ0) is 15.1. The maximum absolute atomic E-state index is 11.5. The highest BCUT2D eigenvalue weighted by molar-refractivity contribution is 5.83. The first-order valence-corrected chi connectivity index (χ1v) is 6.30. The molecular weight excluding hydrogens is 262 g/mol. The number of aliphatic hydroxyl groups is 1. The Kier molecular flexibility index (Phi) is 5.99.